The second-order valence-electron chi connectivity index (χ2n) is 8.68. The number of pyridine rings is 1. The zero-order valence-corrected chi connectivity index (χ0v) is 20.6. The molecule has 1 heterocycles. The van der Waals surface area contributed by atoms with Crippen LogP contribution in [0.1, 0.15) is 45.4 Å². The molecule has 8 nitrogen and oxygen atoms in total. The molecule has 3 N–H and O–H groups in total. The van der Waals surface area contributed by atoms with Crippen LogP contribution in [0.25, 0.3) is 10.9 Å². The number of carbonyl (C=O) groups excluding carboxylic acids is 2. The molecule has 0 saturated carbocycles. The number of alkyl carbamates (subject to hydrolysis) is 1. The van der Waals surface area contributed by atoms with Crippen LogP contribution in [0.2, 0.25) is 5.02 Å². The quantitative estimate of drug-likeness (QED) is 0.502. The Morgan fingerprint density at radius 1 is 1.19 bits per heavy atom. The van der Waals surface area contributed by atoms with Crippen molar-refractivity contribution < 1.29 is 19.1 Å². The highest BCUT2D eigenvalue weighted by molar-refractivity contribution is 6.38. The van der Waals surface area contributed by atoms with Crippen LogP contribution >= 0.6 is 11.6 Å². The molecule has 0 unspecified atom stereocenters. The third-order valence-electron chi connectivity index (χ3n) is 4.62. The number of hydrogen-bond donors (Lipinski definition) is 3. The van der Waals surface area contributed by atoms with Crippen LogP contribution in [-0.2, 0) is 9.53 Å². The van der Waals surface area contributed by atoms with Gasteiger partial charge in [-0.25, -0.2) is 9.78 Å². The van der Waals surface area contributed by atoms with Gasteiger partial charge in [-0.1, -0.05) is 11.6 Å². The number of anilines is 1. The summed E-state index contributed by atoms with van der Waals surface area (Å²) in [5.74, 6) is 0.368. The van der Waals surface area contributed by atoms with Gasteiger partial charge in [0.15, 0.2) is 0 Å². The molecule has 2 rings (SSSR count). The highest BCUT2D eigenvalue weighted by atomic mass is 35.5. The summed E-state index contributed by atoms with van der Waals surface area (Å²) < 4.78 is 10.7. The lowest BCUT2D eigenvalue weighted by Gasteiger charge is -2.21. The number of hydrogen-bond acceptors (Lipinski definition) is 6. The maximum atomic E-state index is 12.2. The van der Waals surface area contributed by atoms with Gasteiger partial charge >= 0.3 is 6.09 Å². The Morgan fingerprint density at radius 3 is 2.50 bits per heavy atom. The summed E-state index contributed by atoms with van der Waals surface area (Å²) in [7, 11) is 1.60. The van der Waals surface area contributed by atoms with Gasteiger partial charge in [-0.15, -0.1) is 0 Å². The minimum Gasteiger partial charge on any atom is -0.494 e. The molecule has 0 aliphatic rings. The van der Waals surface area contributed by atoms with Crippen molar-refractivity contribution in [3.05, 3.63) is 28.4 Å². The topological polar surface area (TPSA) is 102 Å². The molecule has 0 fully saturated rings. The minimum atomic E-state index is -0.698. The fourth-order valence-corrected chi connectivity index (χ4v) is 3.56. The van der Waals surface area contributed by atoms with Crippen molar-refractivity contribution in [2.24, 2.45) is 0 Å². The number of fused-ring (bicyclic) bond motifs is 1. The van der Waals surface area contributed by atoms with Crippen LogP contribution in [0.4, 0.5) is 10.5 Å². The van der Waals surface area contributed by atoms with Crippen molar-refractivity contribution in [1.29, 1.82) is 0 Å². The fraction of sp³-hybridized carbons (Fsp3) is 0.522. The Morgan fingerprint density at radius 2 is 1.88 bits per heavy atom. The van der Waals surface area contributed by atoms with Gasteiger partial charge in [0.25, 0.3) is 0 Å². The maximum Gasteiger partial charge on any atom is 0.408 e. The molecular weight excluding hydrogens is 432 g/mol. The summed E-state index contributed by atoms with van der Waals surface area (Å²) in [6.07, 6.45) is 0.0360. The molecule has 176 valence electrons. The van der Waals surface area contributed by atoms with E-state index in [-0.39, 0.29) is 5.91 Å². The Kier molecular flexibility index (Phi) is 8.55. The summed E-state index contributed by atoms with van der Waals surface area (Å²) in [6, 6.07) is 3.12. The molecule has 1 aromatic heterocycles. The molecule has 9 heteroatoms. The largest absolute Gasteiger partial charge is 0.494 e. The average Bonchev–Trinajstić information content (AvgIpc) is 2.66. The van der Waals surface area contributed by atoms with Crippen LogP contribution in [0.5, 0.6) is 5.75 Å². The van der Waals surface area contributed by atoms with E-state index in [1.807, 2.05) is 26.0 Å². The SMILES string of the molecule is COc1cc(NCCCNC(=O)[C@H](C)NC(=O)OC(C)(C)C)c(Cl)c2c(C)cc(C)nc12. The Balaban J connectivity index is 1.90. The molecule has 2 aromatic rings. The molecular formula is C23H33ClN4O4. The van der Waals surface area contributed by atoms with Crippen molar-refractivity contribution in [1.82, 2.24) is 15.6 Å². The molecule has 32 heavy (non-hydrogen) atoms. The lowest BCUT2D eigenvalue weighted by atomic mass is 10.1. The molecule has 1 aromatic carbocycles. The fourth-order valence-electron chi connectivity index (χ4n) is 3.20. The van der Waals surface area contributed by atoms with Crippen LogP contribution < -0.4 is 20.7 Å². The van der Waals surface area contributed by atoms with E-state index in [9.17, 15) is 9.59 Å². The first-order valence-corrected chi connectivity index (χ1v) is 11.0. The lowest BCUT2D eigenvalue weighted by molar-refractivity contribution is -0.122. The van der Waals surface area contributed by atoms with Crippen LogP contribution in [-0.4, -0.2) is 48.8 Å². The molecule has 0 radical (unpaired) electrons. The number of ether oxygens (including phenoxy) is 2. The highest BCUT2D eigenvalue weighted by Crippen LogP contribution is 2.38. The third-order valence-corrected chi connectivity index (χ3v) is 5.02. The van der Waals surface area contributed by atoms with E-state index in [0.29, 0.717) is 30.3 Å². The Bertz CT molecular complexity index is 988. The normalized spacial score (nSPS) is 12.2. The van der Waals surface area contributed by atoms with E-state index >= 15 is 0 Å². The second-order valence-corrected chi connectivity index (χ2v) is 9.06. The average molecular weight is 465 g/mol. The summed E-state index contributed by atoms with van der Waals surface area (Å²) in [5.41, 5.74) is 2.79. The molecule has 0 bridgehead atoms. The highest BCUT2D eigenvalue weighted by Gasteiger charge is 2.21. The van der Waals surface area contributed by atoms with Crippen molar-refractivity contribution >= 4 is 40.2 Å². The van der Waals surface area contributed by atoms with Crippen LogP contribution in [0.3, 0.4) is 0 Å². The number of rotatable bonds is 8. The maximum absolute atomic E-state index is 12.2. The third kappa shape index (κ3) is 6.88. The van der Waals surface area contributed by atoms with Gasteiger partial charge < -0.3 is 25.4 Å². The van der Waals surface area contributed by atoms with Gasteiger partial charge in [-0.05, 0) is 59.6 Å². The van der Waals surface area contributed by atoms with Crippen molar-refractivity contribution in [2.75, 3.05) is 25.5 Å². The van der Waals surface area contributed by atoms with Crippen LogP contribution in [0, 0.1) is 13.8 Å². The molecule has 0 saturated heterocycles. The number of aromatic nitrogens is 1. The summed E-state index contributed by atoms with van der Waals surface area (Å²) in [5, 5.41) is 10.1. The molecule has 0 aliphatic heterocycles. The first-order chi connectivity index (χ1) is 14.9. The van der Waals surface area contributed by atoms with Gasteiger partial charge in [0.1, 0.15) is 22.9 Å². The predicted molar refractivity (Wildman–Crippen MR) is 128 cm³/mol. The van der Waals surface area contributed by atoms with Gasteiger partial charge in [-0.3, -0.25) is 4.79 Å². The molecule has 0 aliphatic carbocycles. The Labute approximate surface area is 194 Å². The van der Waals surface area contributed by atoms with E-state index in [0.717, 1.165) is 27.8 Å². The standard InChI is InChI=1S/C23H33ClN4O4/c1-13-11-14(2)27-20-17(31-7)12-16(19(24)18(13)20)25-9-8-10-26-21(29)15(3)28-22(30)32-23(4,5)6/h11-12,15,25H,8-10H2,1-7H3,(H,26,29)(H,28,30)/t15-/m0/s1. The number of amides is 2. The van der Waals surface area contributed by atoms with E-state index in [1.165, 1.54) is 0 Å². The van der Waals surface area contributed by atoms with Crippen molar-refractivity contribution in [3.8, 4) is 5.75 Å². The number of methoxy groups -OCH3 is 1. The first-order valence-electron chi connectivity index (χ1n) is 10.6. The van der Waals surface area contributed by atoms with E-state index in [2.05, 4.69) is 20.9 Å². The van der Waals surface area contributed by atoms with E-state index < -0.39 is 17.7 Å². The van der Waals surface area contributed by atoms with Gasteiger partial charge in [0.2, 0.25) is 5.91 Å². The minimum absolute atomic E-state index is 0.279. The number of nitrogens with zero attached hydrogens (tertiary/aromatic N) is 1. The van der Waals surface area contributed by atoms with Crippen molar-refractivity contribution in [3.63, 3.8) is 0 Å². The summed E-state index contributed by atoms with van der Waals surface area (Å²) >= 11 is 6.65. The molecule has 2 amide bonds. The van der Waals surface area contributed by atoms with Gasteiger partial charge in [0.05, 0.1) is 17.8 Å². The number of carbonyl (C=O) groups is 2. The zero-order valence-electron chi connectivity index (χ0n) is 19.8. The van der Waals surface area contributed by atoms with E-state index in [1.54, 1.807) is 34.8 Å². The number of aryl methyl sites for hydroxylation is 2. The summed E-state index contributed by atoms with van der Waals surface area (Å²) in [6.45, 7) is 11.9. The number of nitrogens with one attached hydrogen (secondary N) is 3. The molecule has 1 atom stereocenters. The predicted octanol–water partition coefficient (Wildman–Crippen LogP) is 4.35. The monoisotopic (exact) mass is 464 g/mol. The van der Waals surface area contributed by atoms with E-state index in [4.69, 9.17) is 21.1 Å². The lowest BCUT2D eigenvalue weighted by Crippen LogP contribution is -2.46. The summed E-state index contributed by atoms with van der Waals surface area (Å²) in [4.78, 5) is 28.5. The van der Waals surface area contributed by atoms with Gasteiger partial charge in [0, 0.05) is 30.2 Å². The van der Waals surface area contributed by atoms with Crippen LogP contribution in [0.15, 0.2) is 12.1 Å². The zero-order chi connectivity index (χ0) is 24.1. The Hall–Kier alpha value is -2.74. The molecule has 0 spiro atoms. The smallest absolute Gasteiger partial charge is 0.408 e. The number of benzene rings is 1. The van der Waals surface area contributed by atoms with Gasteiger partial charge in [-0.2, -0.15) is 0 Å². The van der Waals surface area contributed by atoms with Crippen molar-refractivity contribution in [2.45, 2.75) is 59.6 Å². The first kappa shape index (κ1) is 25.5. The second kappa shape index (κ2) is 10.7. The number of halogens is 1.